The summed E-state index contributed by atoms with van der Waals surface area (Å²) in [4.78, 5) is 25.0. The van der Waals surface area contributed by atoms with E-state index >= 15 is 0 Å². The molecule has 0 aliphatic carbocycles. The third-order valence-electron chi connectivity index (χ3n) is 0. The average Bonchev–Trinajstić information content (AvgIpc) is 1.73. The van der Waals surface area contributed by atoms with Crippen LogP contribution in [0.25, 0.3) is 0 Å². The molecule has 0 heterocycles. The van der Waals surface area contributed by atoms with Crippen LogP contribution in [0.15, 0.2) is 0 Å². The SMILES string of the molecule is O=C([O-])[O-].O=C([O-])[O-].O=C([O-])[O-].O=S(=O)(O)O.[Co+2].[Cu+2].[Ni+2]. The van der Waals surface area contributed by atoms with Crippen LogP contribution in [0.1, 0.15) is 0 Å². The molecule has 0 bridgehead atoms. The van der Waals surface area contributed by atoms with E-state index in [-0.39, 0.29) is 50.3 Å². The van der Waals surface area contributed by atoms with Crippen molar-refractivity contribution in [1.82, 2.24) is 0 Å². The first-order chi connectivity index (χ1) is 7.20. The van der Waals surface area contributed by atoms with E-state index < -0.39 is 28.9 Å². The van der Waals surface area contributed by atoms with Crippen LogP contribution in [0, 0.1) is 0 Å². The van der Waals surface area contributed by atoms with Crippen LogP contribution in [0.3, 0.4) is 0 Å². The first-order valence-corrected chi connectivity index (χ1v) is 3.93. The van der Waals surface area contributed by atoms with E-state index in [1.165, 1.54) is 0 Å². The van der Waals surface area contributed by atoms with E-state index in [0.717, 1.165) is 0 Å². The van der Waals surface area contributed by atoms with Crippen molar-refractivity contribution in [1.29, 1.82) is 0 Å². The maximum absolute atomic E-state index is 8.74. The molecule has 0 saturated carbocycles. The van der Waals surface area contributed by atoms with Crippen molar-refractivity contribution >= 4 is 28.9 Å². The Kier molecular flexibility index (Phi) is 57.0. The largest absolute Gasteiger partial charge is 2.00 e. The molecule has 0 rings (SSSR count). The van der Waals surface area contributed by atoms with Crippen LogP contribution in [-0.4, -0.2) is 36.0 Å². The molecule has 17 heteroatoms. The zero-order valence-electron chi connectivity index (χ0n) is 8.24. The summed E-state index contributed by atoms with van der Waals surface area (Å²) in [7, 11) is -4.67. The Morgan fingerprint density at radius 2 is 0.700 bits per heavy atom. The zero-order valence-corrected chi connectivity index (χ0v) is 12.0. The van der Waals surface area contributed by atoms with Gasteiger partial charge in [-0.2, -0.15) is 8.42 Å². The van der Waals surface area contributed by atoms with Crippen molar-refractivity contribution in [3.8, 4) is 0 Å². The molecule has 0 fully saturated rings. The molecule has 20 heavy (non-hydrogen) atoms. The Morgan fingerprint density at radius 3 is 0.700 bits per heavy atom. The predicted molar refractivity (Wildman–Crippen MR) is 30.4 cm³/mol. The van der Waals surface area contributed by atoms with Gasteiger partial charge in [0.25, 0.3) is 0 Å². The molecule has 0 aromatic carbocycles. The van der Waals surface area contributed by atoms with Gasteiger partial charge in [0.15, 0.2) is 0 Å². The minimum atomic E-state index is -4.67. The third-order valence-corrected chi connectivity index (χ3v) is 0. The quantitative estimate of drug-likeness (QED) is 0.252. The minimum absolute atomic E-state index is 0. The molecule has 128 valence electrons. The van der Waals surface area contributed by atoms with E-state index in [1.54, 1.807) is 0 Å². The van der Waals surface area contributed by atoms with Gasteiger partial charge in [-0.3, -0.25) is 9.11 Å². The number of hydrogen-bond acceptors (Lipinski definition) is 11. The second kappa shape index (κ2) is 26.7. The molecule has 2 radical (unpaired) electrons. The smallest absolute Gasteiger partial charge is 0.652 e. The fraction of sp³-hybridized carbons (Fsp3) is 0. The summed E-state index contributed by atoms with van der Waals surface area (Å²) in [6.45, 7) is 0. The van der Waals surface area contributed by atoms with Crippen molar-refractivity contribution in [2.24, 2.45) is 0 Å². The fourth-order valence-corrected chi connectivity index (χ4v) is 0. The summed E-state index contributed by atoms with van der Waals surface area (Å²) >= 11 is 0. The summed E-state index contributed by atoms with van der Waals surface area (Å²) in [6.07, 6.45) is -7.00. The molecular weight excluding hydrogens is 457 g/mol. The van der Waals surface area contributed by atoms with Crippen LogP contribution < -0.4 is 30.6 Å². The fourth-order valence-electron chi connectivity index (χ4n) is 0. The van der Waals surface area contributed by atoms with Crippen LogP contribution in [0.2, 0.25) is 0 Å². The predicted octanol–water partition coefficient (Wildman–Crippen LogP) is -8.00. The van der Waals surface area contributed by atoms with Gasteiger partial charge in [0.2, 0.25) is 0 Å². The van der Waals surface area contributed by atoms with Gasteiger partial charge in [-0.1, -0.05) is 0 Å². The first kappa shape index (κ1) is 42.7. The first-order valence-electron chi connectivity index (χ1n) is 2.54. The Balaban J connectivity index is -0.0000000216. The van der Waals surface area contributed by atoms with Gasteiger partial charge in [-0.25, -0.2) is 0 Å². The monoisotopic (exact) mass is 458 g/mol. The number of rotatable bonds is 0. The zero-order chi connectivity index (χ0) is 15.2. The van der Waals surface area contributed by atoms with E-state index in [0.29, 0.717) is 0 Å². The van der Waals surface area contributed by atoms with E-state index in [4.69, 9.17) is 62.5 Å². The summed E-state index contributed by atoms with van der Waals surface area (Å²) in [5, 5.41) is 50.0. The van der Waals surface area contributed by atoms with Crippen LogP contribution >= 0.6 is 0 Å². The molecule has 13 nitrogen and oxygen atoms in total. The van der Waals surface area contributed by atoms with Gasteiger partial charge in [-0.15, -0.1) is 0 Å². The topological polar surface area (TPSA) is 264 Å². The maximum atomic E-state index is 8.74. The minimum Gasteiger partial charge on any atom is -0.652 e. The van der Waals surface area contributed by atoms with Crippen LogP contribution in [-0.2, 0) is 60.7 Å². The molecule has 0 aromatic heterocycles. The Labute approximate surface area is 141 Å². The molecule has 0 atom stereocenters. The van der Waals surface area contributed by atoms with Gasteiger partial charge < -0.3 is 45.0 Å². The van der Waals surface area contributed by atoms with Crippen LogP contribution in [0.5, 0.6) is 0 Å². The third kappa shape index (κ3) is 7040. The maximum Gasteiger partial charge on any atom is 2.00 e. The molecule has 0 aliphatic rings. The molecule has 0 aliphatic heterocycles. The molecule has 2 N–H and O–H groups in total. The second-order valence-electron chi connectivity index (χ2n) is 1.20. The van der Waals surface area contributed by atoms with E-state index in [2.05, 4.69) is 0 Å². The van der Waals surface area contributed by atoms with Gasteiger partial charge in [0.05, 0.1) is 0 Å². The second-order valence-corrected chi connectivity index (χ2v) is 2.09. The van der Waals surface area contributed by atoms with E-state index in [9.17, 15) is 0 Å². The number of carboxylic acid groups (broad SMARTS) is 6. The van der Waals surface area contributed by atoms with Crippen molar-refractivity contribution in [3.05, 3.63) is 0 Å². The van der Waals surface area contributed by atoms with Crippen molar-refractivity contribution in [2.45, 2.75) is 0 Å². The molecular formula is C3H2CoCuNiO13S. The summed E-state index contributed by atoms with van der Waals surface area (Å²) in [5.74, 6) is 0. The van der Waals surface area contributed by atoms with Gasteiger partial charge in [0.1, 0.15) is 0 Å². The Hall–Kier alpha value is -0.801. The Bertz CT molecular complexity index is 280. The summed E-state index contributed by atoms with van der Waals surface area (Å²) in [5.41, 5.74) is 0. The van der Waals surface area contributed by atoms with Crippen molar-refractivity contribution in [2.75, 3.05) is 0 Å². The Morgan fingerprint density at radius 1 is 0.700 bits per heavy atom. The molecule has 0 saturated heterocycles. The average molecular weight is 459 g/mol. The normalized spacial score (nSPS) is 6.50. The summed E-state index contributed by atoms with van der Waals surface area (Å²) < 4.78 is 31.6. The molecule has 0 unspecified atom stereocenters. The van der Waals surface area contributed by atoms with Gasteiger partial charge in [-0.05, 0) is 18.5 Å². The van der Waals surface area contributed by atoms with Crippen molar-refractivity contribution in [3.63, 3.8) is 0 Å². The molecule has 0 aromatic rings. The van der Waals surface area contributed by atoms with Gasteiger partial charge in [0, 0.05) is 0 Å². The number of carbonyl (C=O) groups excluding carboxylic acids is 3. The molecule has 0 amide bonds. The number of hydrogen-bond donors (Lipinski definition) is 2. The summed E-state index contributed by atoms with van der Waals surface area (Å²) in [6, 6.07) is 0. The number of carbonyl (C=O) groups is 3. The molecule has 0 spiro atoms. The van der Waals surface area contributed by atoms with Crippen molar-refractivity contribution < 1.29 is 113 Å². The van der Waals surface area contributed by atoms with Crippen LogP contribution in [0.4, 0.5) is 14.4 Å². The standard InChI is InChI=1S/3CH2O3.Co.Cu.Ni.H2O4S/c3*2-1(3)4;;;;1-5(2,3)4/h3*(H2,2,3,4);;;;(H2,1,2,3,4)/q;;;3*+2;/p-6. The van der Waals surface area contributed by atoms with E-state index in [1.807, 2.05) is 0 Å². The van der Waals surface area contributed by atoms with Gasteiger partial charge >= 0.3 is 60.7 Å².